The first-order chi connectivity index (χ1) is 5.82. The maximum atomic E-state index is 7.55. The van der Waals surface area contributed by atoms with Crippen molar-refractivity contribution >= 4 is 0 Å². The highest BCUT2D eigenvalue weighted by Gasteiger charge is 2.13. The third kappa shape index (κ3) is 1.53. The second-order valence-corrected chi connectivity index (χ2v) is 3.16. The summed E-state index contributed by atoms with van der Waals surface area (Å²) in [5, 5.41) is 0. The van der Waals surface area contributed by atoms with Crippen LogP contribution in [0.3, 0.4) is 0 Å². The summed E-state index contributed by atoms with van der Waals surface area (Å²) in [7, 11) is 0. The Labute approximate surface area is 65.5 Å². The molecule has 54 valence electrons. The Bertz CT molecular complexity index is 331. The van der Waals surface area contributed by atoms with Gasteiger partial charge < -0.3 is 0 Å². The van der Waals surface area contributed by atoms with E-state index in [1.54, 1.807) is 0 Å². The molecule has 1 heterocycles. The molecule has 2 heteroatoms. The molecule has 0 saturated carbocycles. The van der Waals surface area contributed by atoms with Gasteiger partial charge in [0.2, 0.25) is 0 Å². The van der Waals surface area contributed by atoms with E-state index in [9.17, 15) is 0 Å². The summed E-state index contributed by atoms with van der Waals surface area (Å²) in [6.45, 7) is 5.69. The number of rotatable bonds is 0. The zero-order valence-electron chi connectivity index (χ0n) is 9.39. The summed E-state index contributed by atoms with van der Waals surface area (Å²) < 4.78 is 22.1. The van der Waals surface area contributed by atoms with Gasteiger partial charge in [-0.2, -0.15) is 0 Å². The van der Waals surface area contributed by atoms with Crippen LogP contribution in [0.5, 0.6) is 0 Å². The van der Waals surface area contributed by atoms with Gasteiger partial charge >= 0.3 is 0 Å². The molecule has 0 aliphatic carbocycles. The van der Waals surface area contributed by atoms with E-state index in [1.165, 1.54) is 0 Å². The maximum absolute atomic E-state index is 7.55. The van der Waals surface area contributed by atoms with Gasteiger partial charge in [-0.1, -0.05) is 20.8 Å². The molecule has 1 aromatic rings. The van der Waals surface area contributed by atoms with Gasteiger partial charge in [0.05, 0.1) is 2.74 Å². The summed E-state index contributed by atoms with van der Waals surface area (Å²) in [6, 6.07) is 0.0171. The first-order valence-corrected chi connectivity index (χ1v) is 3.14. The molecule has 0 aliphatic heterocycles. The zero-order valence-corrected chi connectivity index (χ0v) is 6.39. The Morgan fingerprint density at radius 3 is 2.80 bits per heavy atom. The highest BCUT2D eigenvalue weighted by molar-refractivity contribution is 5.09. The maximum Gasteiger partial charge on any atom is 0.115 e. The van der Waals surface area contributed by atoms with Crippen molar-refractivity contribution in [3.8, 4) is 0 Å². The second kappa shape index (κ2) is 2.37. The van der Waals surface area contributed by atoms with Crippen LogP contribution in [0.4, 0.5) is 0 Å². The second-order valence-electron chi connectivity index (χ2n) is 3.16. The number of nitrogens with zero attached hydrogens (tertiary/aromatic N) is 2. The van der Waals surface area contributed by atoms with Crippen LogP contribution < -0.4 is 0 Å². The lowest BCUT2D eigenvalue weighted by Gasteiger charge is -2.16. The molecule has 0 bridgehead atoms. The molecule has 0 aliphatic rings. The van der Waals surface area contributed by atoms with Gasteiger partial charge in [-0.3, -0.25) is 0 Å². The van der Waals surface area contributed by atoms with E-state index in [0.29, 0.717) is 5.69 Å². The predicted molar refractivity (Wildman–Crippen MR) is 40.7 cm³/mol. The highest BCUT2D eigenvalue weighted by Crippen LogP contribution is 2.17. The molecule has 0 unspecified atom stereocenters. The molecule has 0 atom stereocenters. The van der Waals surface area contributed by atoms with Gasteiger partial charge in [0.1, 0.15) is 7.67 Å². The van der Waals surface area contributed by atoms with Crippen LogP contribution in [0.2, 0.25) is 0 Å². The van der Waals surface area contributed by atoms with Gasteiger partial charge in [0, 0.05) is 17.3 Å². The molecule has 0 N–H and O–H groups in total. The lowest BCUT2D eigenvalue weighted by molar-refractivity contribution is 0.567. The Kier molecular flexibility index (Phi) is 0.962. The first-order valence-electron chi connectivity index (χ1n) is 4.64. The minimum absolute atomic E-state index is 0.0171. The molecule has 0 aromatic carbocycles. The van der Waals surface area contributed by atoms with Gasteiger partial charge in [-0.25, -0.2) is 9.97 Å². The Morgan fingerprint density at radius 2 is 2.20 bits per heavy atom. The molecule has 1 rings (SSSR count). The van der Waals surface area contributed by atoms with Crippen molar-refractivity contribution in [2.45, 2.75) is 26.2 Å². The third-order valence-corrected chi connectivity index (χ3v) is 1.15. The van der Waals surface area contributed by atoms with E-state index >= 15 is 0 Å². The number of aromatic nitrogens is 2. The lowest BCUT2D eigenvalue weighted by atomic mass is 9.92. The van der Waals surface area contributed by atoms with Crippen molar-refractivity contribution < 1.29 is 4.11 Å². The Balaban J connectivity index is 3.37. The van der Waals surface area contributed by atoms with Crippen molar-refractivity contribution in [2.75, 3.05) is 0 Å². The van der Waals surface area contributed by atoms with Gasteiger partial charge in [0.25, 0.3) is 0 Å². The third-order valence-electron chi connectivity index (χ3n) is 1.15. The molecule has 2 nitrogen and oxygen atoms in total. The van der Waals surface area contributed by atoms with Crippen molar-refractivity contribution in [1.82, 2.24) is 9.97 Å². The van der Waals surface area contributed by atoms with Gasteiger partial charge in [-0.15, -0.1) is 0 Å². The van der Waals surface area contributed by atoms with E-state index in [2.05, 4.69) is 9.97 Å². The molecule has 0 fully saturated rings. The molecule has 0 saturated heterocycles. The summed E-state index contributed by atoms with van der Waals surface area (Å²) in [5.74, 6) is 0. The highest BCUT2D eigenvalue weighted by atomic mass is 14.8. The van der Waals surface area contributed by atoms with Crippen LogP contribution in [0, 0.1) is 0 Å². The van der Waals surface area contributed by atoms with Gasteiger partial charge in [-0.05, 0) is 6.04 Å². The minimum atomic E-state index is -0.314. The number of hydrogen-bond donors (Lipinski definition) is 0. The smallest absolute Gasteiger partial charge is 0.115 e. The van der Waals surface area contributed by atoms with E-state index < -0.39 is 0 Å². The van der Waals surface area contributed by atoms with Crippen molar-refractivity contribution in [3.63, 3.8) is 0 Å². The van der Waals surface area contributed by atoms with E-state index in [0.717, 1.165) is 0 Å². The average molecular weight is 139 g/mol. The Hall–Kier alpha value is -0.920. The van der Waals surface area contributed by atoms with E-state index in [1.807, 2.05) is 20.8 Å². The Morgan fingerprint density at radius 1 is 1.50 bits per heavy atom. The quantitative estimate of drug-likeness (QED) is 0.547. The molecule has 0 radical (unpaired) electrons. The predicted octanol–water partition coefficient (Wildman–Crippen LogP) is 1.77. The van der Waals surface area contributed by atoms with Crippen LogP contribution in [-0.4, -0.2) is 9.97 Å². The summed E-state index contributed by atoms with van der Waals surface area (Å²) in [4.78, 5) is 7.33. The van der Waals surface area contributed by atoms with Crippen LogP contribution in [0.15, 0.2) is 18.5 Å². The standard InChI is InChI=1S/C8H12N2/c1-8(2,3)7-4-5-9-6-10-7/h4-6H,1-3H3/i4D,5D,6D. The van der Waals surface area contributed by atoms with Crippen LogP contribution in [0.1, 0.15) is 30.6 Å². The van der Waals surface area contributed by atoms with Crippen molar-refractivity contribution in [1.29, 1.82) is 0 Å². The van der Waals surface area contributed by atoms with Crippen LogP contribution in [-0.2, 0) is 5.41 Å². The SMILES string of the molecule is [2H]c1nc([2H])c([2H])c(C(C)(C)C)n1. The molecule has 0 spiro atoms. The van der Waals surface area contributed by atoms with Crippen LogP contribution >= 0.6 is 0 Å². The van der Waals surface area contributed by atoms with Gasteiger partial charge in [0.15, 0.2) is 0 Å². The van der Waals surface area contributed by atoms with Crippen molar-refractivity contribution in [3.05, 3.63) is 24.2 Å². The summed E-state index contributed by atoms with van der Waals surface area (Å²) >= 11 is 0. The van der Waals surface area contributed by atoms with E-state index in [4.69, 9.17) is 4.11 Å². The zero-order chi connectivity index (χ0) is 10.2. The largest absolute Gasteiger partial charge is 0.245 e. The van der Waals surface area contributed by atoms with Crippen LogP contribution in [0.25, 0.3) is 0 Å². The van der Waals surface area contributed by atoms with E-state index in [-0.39, 0.29) is 23.9 Å². The topological polar surface area (TPSA) is 25.8 Å². The van der Waals surface area contributed by atoms with Crippen molar-refractivity contribution in [2.24, 2.45) is 0 Å². The summed E-state index contributed by atoms with van der Waals surface area (Å²) in [6.07, 6.45) is -0.365. The fourth-order valence-electron chi connectivity index (χ4n) is 0.564. The molecule has 1 aromatic heterocycles. The first kappa shape index (κ1) is 4.06. The normalized spacial score (nSPS) is 15.7. The molecular formula is C8H12N2. The summed E-state index contributed by atoms with van der Waals surface area (Å²) in [5.41, 5.74) is 0.142. The lowest BCUT2D eigenvalue weighted by Crippen LogP contribution is -2.12. The fourth-order valence-corrected chi connectivity index (χ4v) is 0.564. The molecule has 0 amide bonds. The monoisotopic (exact) mass is 139 g/mol. The minimum Gasteiger partial charge on any atom is -0.245 e. The fraction of sp³-hybridized carbons (Fsp3) is 0.500. The average Bonchev–Trinajstić information content (AvgIpc) is 1.94. The molecular weight excluding hydrogens is 124 g/mol. The number of hydrogen-bond acceptors (Lipinski definition) is 2. The molecule has 10 heavy (non-hydrogen) atoms.